The first-order valence-electron chi connectivity index (χ1n) is 21.1. The van der Waals surface area contributed by atoms with Gasteiger partial charge in [-0.3, -0.25) is 19.3 Å². The number of rotatable bonds is 8. The second-order valence-electron chi connectivity index (χ2n) is 16.4. The third-order valence-electron chi connectivity index (χ3n) is 12.7. The molecule has 1 saturated heterocycles. The molecule has 0 radical (unpaired) electrons. The van der Waals surface area contributed by atoms with Crippen LogP contribution in [0.4, 0.5) is 10.5 Å². The standard InChI is InChI=1S/C48H50N6O7/c1-50(36-11-13-38(55)14-12-36)46(57)42-27-44(53-18-5-4-8-43(42)53)40-25-33-17-19-52(48(59)61-39-15-9-31(10-16-39)45(49)56)28-35(33)26-41(40)47(58)54-29-34-7-3-2-6-32(34)24-37(54)30-51-20-22-60-23-21-51/h2-3,6-7,9-16,25-27,37,55H,4-5,8,17-24,28-30H2,1H3,(H2,49,56)/t37-/m0/s1. The van der Waals surface area contributed by atoms with Crippen molar-refractivity contribution in [3.8, 4) is 22.8 Å². The molecule has 5 aromatic rings. The van der Waals surface area contributed by atoms with Gasteiger partial charge < -0.3 is 39.6 Å². The summed E-state index contributed by atoms with van der Waals surface area (Å²) in [6.45, 7) is 5.44. The molecule has 4 aromatic carbocycles. The number of nitrogens with two attached hydrogens (primary N) is 1. The van der Waals surface area contributed by atoms with Crippen LogP contribution in [0, 0.1) is 0 Å². The molecule has 61 heavy (non-hydrogen) atoms. The second kappa shape index (κ2) is 16.9. The van der Waals surface area contributed by atoms with Crippen LogP contribution in [0.2, 0.25) is 0 Å². The first-order chi connectivity index (χ1) is 29.6. The minimum atomic E-state index is -0.568. The highest BCUT2D eigenvalue weighted by atomic mass is 16.6. The van der Waals surface area contributed by atoms with Crippen molar-refractivity contribution < 1.29 is 33.8 Å². The highest BCUT2D eigenvalue weighted by Crippen LogP contribution is 2.38. The summed E-state index contributed by atoms with van der Waals surface area (Å²) in [7, 11) is 1.74. The number of aromatic hydroxyl groups is 1. The Balaban J connectivity index is 1.11. The Labute approximate surface area is 354 Å². The van der Waals surface area contributed by atoms with Crippen molar-refractivity contribution in [3.63, 3.8) is 0 Å². The summed E-state index contributed by atoms with van der Waals surface area (Å²) >= 11 is 0. The Kier molecular flexibility index (Phi) is 11.1. The number of fused-ring (bicyclic) bond motifs is 3. The second-order valence-corrected chi connectivity index (χ2v) is 16.4. The van der Waals surface area contributed by atoms with Gasteiger partial charge in [0.2, 0.25) is 5.91 Å². The van der Waals surface area contributed by atoms with Crippen LogP contribution in [0.3, 0.4) is 0 Å². The van der Waals surface area contributed by atoms with Crippen molar-refractivity contribution in [1.82, 2.24) is 19.3 Å². The average molecular weight is 823 g/mol. The molecule has 3 N–H and O–H groups in total. The van der Waals surface area contributed by atoms with Crippen molar-refractivity contribution >= 4 is 29.5 Å². The summed E-state index contributed by atoms with van der Waals surface area (Å²) in [5, 5.41) is 9.92. The molecule has 0 spiro atoms. The molecule has 4 aliphatic rings. The smallest absolute Gasteiger partial charge is 0.415 e. The van der Waals surface area contributed by atoms with Gasteiger partial charge in [0.25, 0.3) is 11.8 Å². The van der Waals surface area contributed by atoms with Gasteiger partial charge in [-0.05, 0) is 121 Å². The molecule has 0 aliphatic carbocycles. The van der Waals surface area contributed by atoms with Gasteiger partial charge in [-0.2, -0.15) is 0 Å². The van der Waals surface area contributed by atoms with E-state index >= 15 is 4.79 Å². The van der Waals surface area contributed by atoms with E-state index in [9.17, 15) is 19.5 Å². The number of phenolic OH excluding ortho intramolecular Hbond substituents is 1. The van der Waals surface area contributed by atoms with Crippen LogP contribution < -0.4 is 15.4 Å². The molecule has 0 bridgehead atoms. The van der Waals surface area contributed by atoms with Crippen molar-refractivity contribution in [2.45, 2.75) is 57.8 Å². The number of phenols is 1. The van der Waals surface area contributed by atoms with Crippen LogP contribution in [-0.2, 0) is 43.6 Å². The zero-order valence-electron chi connectivity index (χ0n) is 34.3. The van der Waals surface area contributed by atoms with Crippen LogP contribution in [0.25, 0.3) is 11.3 Å². The summed E-state index contributed by atoms with van der Waals surface area (Å²) < 4.78 is 13.6. The highest BCUT2D eigenvalue weighted by molar-refractivity contribution is 6.08. The summed E-state index contributed by atoms with van der Waals surface area (Å²) in [5.74, 6) is -0.409. The minimum Gasteiger partial charge on any atom is -0.508 e. The molecule has 1 aromatic heterocycles. The van der Waals surface area contributed by atoms with E-state index in [-0.39, 0.29) is 30.2 Å². The van der Waals surface area contributed by atoms with E-state index in [0.717, 1.165) is 72.4 Å². The average Bonchev–Trinajstić information content (AvgIpc) is 3.67. The third-order valence-corrected chi connectivity index (χ3v) is 12.7. The van der Waals surface area contributed by atoms with Gasteiger partial charge in [-0.15, -0.1) is 0 Å². The fraction of sp³-hybridized carbons (Fsp3) is 0.333. The number of carbonyl (C=O) groups is 4. The number of nitrogens with zero attached hydrogens (tertiary/aromatic N) is 5. The van der Waals surface area contributed by atoms with Crippen molar-refractivity contribution in [1.29, 1.82) is 0 Å². The summed E-state index contributed by atoms with van der Waals surface area (Å²) in [6.07, 6.45) is 3.34. The maximum atomic E-state index is 15.5. The highest BCUT2D eigenvalue weighted by Gasteiger charge is 2.36. The minimum absolute atomic E-state index is 0.0888. The van der Waals surface area contributed by atoms with Crippen molar-refractivity contribution in [3.05, 3.63) is 136 Å². The predicted octanol–water partition coefficient (Wildman–Crippen LogP) is 6.03. The molecular weight excluding hydrogens is 773 g/mol. The molecular formula is C48H50N6O7. The number of ether oxygens (including phenoxy) is 2. The van der Waals surface area contributed by atoms with Gasteiger partial charge in [0.1, 0.15) is 11.5 Å². The lowest BCUT2D eigenvalue weighted by Gasteiger charge is -2.41. The number of carbonyl (C=O) groups excluding carboxylic acids is 4. The molecule has 4 aliphatic heterocycles. The summed E-state index contributed by atoms with van der Waals surface area (Å²) in [5.41, 5.74) is 14.3. The van der Waals surface area contributed by atoms with E-state index < -0.39 is 12.0 Å². The Bertz CT molecular complexity index is 2490. The van der Waals surface area contributed by atoms with E-state index in [2.05, 4.69) is 33.7 Å². The van der Waals surface area contributed by atoms with Crippen molar-refractivity contribution in [2.75, 3.05) is 51.3 Å². The Morgan fingerprint density at radius 3 is 2.31 bits per heavy atom. The Morgan fingerprint density at radius 1 is 0.803 bits per heavy atom. The van der Waals surface area contributed by atoms with Crippen LogP contribution >= 0.6 is 0 Å². The van der Waals surface area contributed by atoms with Gasteiger partial charge >= 0.3 is 6.09 Å². The van der Waals surface area contributed by atoms with Crippen LogP contribution in [0.1, 0.15) is 71.9 Å². The normalized spacial score (nSPS) is 17.5. The number of amides is 4. The van der Waals surface area contributed by atoms with E-state index in [1.54, 1.807) is 53.2 Å². The van der Waals surface area contributed by atoms with Gasteiger partial charge in [-0.1, -0.05) is 24.3 Å². The SMILES string of the molecule is CN(C(=O)c1cc(-c2cc3c(cc2C(=O)N2Cc4ccccc4C[C@H]2CN2CCOCC2)CN(C(=O)Oc2ccc(C(N)=O)cc2)CC3)n2c1CCCC2)c1ccc(O)cc1. The van der Waals surface area contributed by atoms with Crippen LogP contribution in [0.5, 0.6) is 11.5 Å². The number of morpholine rings is 1. The quantitative estimate of drug-likeness (QED) is 0.193. The number of anilines is 1. The van der Waals surface area contributed by atoms with Crippen LogP contribution in [-0.4, -0.2) is 101 Å². The lowest BCUT2D eigenvalue weighted by atomic mass is 9.89. The molecule has 13 heteroatoms. The number of primary amides is 1. The molecule has 314 valence electrons. The lowest BCUT2D eigenvalue weighted by Crippen LogP contribution is -2.52. The molecule has 5 heterocycles. The van der Waals surface area contributed by atoms with Gasteiger partial charge in [-0.25, -0.2) is 4.79 Å². The third kappa shape index (κ3) is 8.10. The Hall–Kier alpha value is -6.44. The first kappa shape index (κ1) is 40.0. The molecule has 1 atom stereocenters. The topological polar surface area (TPSA) is 151 Å². The van der Waals surface area contributed by atoms with Crippen LogP contribution in [0.15, 0.2) is 91.0 Å². The maximum Gasteiger partial charge on any atom is 0.415 e. The fourth-order valence-electron chi connectivity index (χ4n) is 9.29. The zero-order chi connectivity index (χ0) is 42.2. The maximum absolute atomic E-state index is 15.5. The van der Waals surface area contributed by atoms with Gasteiger partial charge in [0.05, 0.1) is 18.8 Å². The summed E-state index contributed by atoms with van der Waals surface area (Å²) in [6, 6.07) is 27.0. The lowest BCUT2D eigenvalue weighted by molar-refractivity contribution is 0.0193. The molecule has 4 amide bonds. The fourth-order valence-corrected chi connectivity index (χ4v) is 9.29. The number of hydrogen-bond donors (Lipinski definition) is 2. The van der Waals surface area contributed by atoms with Gasteiger partial charge in [0.15, 0.2) is 0 Å². The Morgan fingerprint density at radius 2 is 1.56 bits per heavy atom. The van der Waals surface area contributed by atoms with Gasteiger partial charge in [0, 0.05) is 92.7 Å². The molecule has 13 nitrogen and oxygen atoms in total. The molecule has 0 unspecified atom stereocenters. The van der Waals surface area contributed by atoms with Crippen molar-refractivity contribution in [2.24, 2.45) is 5.73 Å². The molecule has 0 saturated carbocycles. The monoisotopic (exact) mass is 822 g/mol. The van der Waals surface area contributed by atoms with E-state index in [0.29, 0.717) is 73.9 Å². The van der Waals surface area contributed by atoms with E-state index in [1.165, 1.54) is 17.7 Å². The molecule has 9 rings (SSSR count). The first-order valence-corrected chi connectivity index (χ1v) is 21.1. The molecule has 1 fully saturated rings. The summed E-state index contributed by atoms with van der Waals surface area (Å²) in [4.78, 5) is 62.7. The largest absolute Gasteiger partial charge is 0.508 e. The number of hydrogen-bond acceptors (Lipinski definition) is 8. The predicted molar refractivity (Wildman–Crippen MR) is 230 cm³/mol. The van der Waals surface area contributed by atoms with E-state index in [1.807, 2.05) is 23.1 Å². The zero-order valence-corrected chi connectivity index (χ0v) is 34.3. The van der Waals surface area contributed by atoms with E-state index in [4.69, 9.17) is 15.2 Å². The number of benzene rings is 4. The number of aromatic nitrogens is 1.